The first-order valence-electron chi connectivity index (χ1n) is 12.6. The minimum atomic E-state index is -4.42. The summed E-state index contributed by atoms with van der Waals surface area (Å²) in [5.41, 5.74) is 1.03. The van der Waals surface area contributed by atoms with Crippen LogP contribution in [-0.4, -0.2) is 37.1 Å². The molecule has 0 radical (unpaired) electrons. The van der Waals surface area contributed by atoms with Crippen LogP contribution in [0.25, 0.3) is 0 Å². The lowest BCUT2D eigenvalue weighted by Gasteiger charge is -2.19. The number of carbonyl (C=O) groups excluding carboxylic acids is 2. The lowest BCUT2D eigenvalue weighted by Crippen LogP contribution is -2.36. The molecule has 11 heteroatoms. The molecule has 1 unspecified atom stereocenters. The van der Waals surface area contributed by atoms with E-state index in [1.54, 1.807) is 43.3 Å². The van der Waals surface area contributed by atoms with Crippen LogP contribution in [0.15, 0.2) is 60.7 Å². The van der Waals surface area contributed by atoms with Gasteiger partial charge in [0.15, 0.2) is 0 Å². The number of alkyl halides is 3. The number of nitrogens with one attached hydrogen (secondary N) is 2. The van der Waals surface area contributed by atoms with E-state index in [4.69, 9.17) is 4.74 Å². The molecule has 3 aromatic carbocycles. The molecule has 0 aromatic heterocycles. The van der Waals surface area contributed by atoms with E-state index in [-0.39, 0.29) is 23.3 Å². The summed E-state index contributed by atoms with van der Waals surface area (Å²) in [6, 6.07) is 14.4. The van der Waals surface area contributed by atoms with Crippen LogP contribution in [0, 0.1) is 10.5 Å². The summed E-state index contributed by atoms with van der Waals surface area (Å²) < 4.78 is 44.8. The number of aryl methyl sites for hydroxylation is 1. The monoisotopic (exact) mass is 700 g/mol. The molecule has 1 atom stereocenters. The molecule has 5 nitrogen and oxygen atoms in total. The van der Waals surface area contributed by atoms with Crippen molar-refractivity contribution in [3.05, 3.63) is 86.5 Å². The van der Waals surface area contributed by atoms with E-state index in [2.05, 4.69) is 52.9 Å². The van der Waals surface area contributed by atoms with Gasteiger partial charge in [-0.25, -0.2) is 0 Å². The smallest absolute Gasteiger partial charge is 0.416 e. The molecule has 0 saturated heterocycles. The van der Waals surface area contributed by atoms with Crippen molar-refractivity contribution in [3.63, 3.8) is 0 Å². The molecule has 0 fully saturated rings. The van der Waals surface area contributed by atoms with Gasteiger partial charge in [-0.2, -0.15) is 24.9 Å². The SMILES string of the molecule is Cc1cc(Oc2ccc(C(F)(F)F)cc2)ccc1NC(=O)c1cccc(I)c1C(=O)NC(C)CSC[Si](C)(C)C. The van der Waals surface area contributed by atoms with Crippen molar-refractivity contribution in [1.29, 1.82) is 0 Å². The van der Waals surface area contributed by atoms with Gasteiger partial charge in [-0.3, -0.25) is 9.59 Å². The second kappa shape index (κ2) is 13.4. The molecule has 214 valence electrons. The van der Waals surface area contributed by atoms with Crippen molar-refractivity contribution in [2.24, 2.45) is 0 Å². The fourth-order valence-corrected chi connectivity index (χ4v) is 7.80. The molecule has 0 spiro atoms. The number of ether oxygens (including phenoxy) is 1. The largest absolute Gasteiger partial charge is 0.457 e. The van der Waals surface area contributed by atoms with Crippen LogP contribution in [0.5, 0.6) is 11.5 Å². The summed E-state index contributed by atoms with van der Waals surface area (Å²) >= 11 is 3.90. The molecule has 40 heavy (non-hydrogen) atoms. The summed E-state index contributed by atoms with van der Waals surface area (Å²) in [7, 11) is -1.18. The Labute approximate surface area is 251 Å². The number of hydrogen-bond acceptors (Lipinski definition) is 4. The summed E-state index contributed by atoms with van der Waals surface area (Å²) in [6.45, 7) is 10.7. The summed E-state index contributed by atoms with van der Waals surface area (Å²) in [6.07, 6.45) is -4.42. The first kappa shape index (κ1) is 32.0. The summed E-state index contributed by atoms with van der Waals surface area (Å²) in [5, 5.41) is 7.00. The quantitative estimate of drug-likeness (QED) is 0.165. The lowest BCUT2D eigenvalue weighted by molar-refractivity contribution is -0.137. The van der Waals surface area contributed by atoms with Gasteiger partial charge in [-0.15, -0.1) is 0 Å². The van der Waals surface area contributed by atoms with Gasteiger partial charge in [-0.05, 0) is 102 Å². The Morgan fingerprint density at radius 2 is 1.65 bits per heavy atom. The third-order valence-electron chi connectivity index (χ3n) is 5.63. The summed E-state index contributed by atoms with van der Waals surface area (Å²) in [5.74, 6) is 0.732. The van der Waals surface area contributed by atoms with Crippen LogP contribution in [0.1, 0.15) is 38.8 Å². The predicted molar refractivity (Wildman–Crippen MR) is 167 cm³/mol. The predicted octanol–water partition coefficient (Wildman–Crippen LogP) is 8.39. The highest BCUT2D eigenvalue weighted by molar-refractivity contribution is 14.1. The molecule has 0 saturated carbocycles. The fourth-order valence-electron chi connectivity index (χ4n) is 3.70. The van der Waals surface area contributed by atoms with Gasteiger partial charge in [0.05, 0.1) is 24.8 Å². The molecular weight excluding hydrogens is 668 g/mol. The Kier molecular flexibility index (Phi) is 10.7. The van der Waals surface area contributed by atoms with Crippen LogP contribution in [0.3, 0.4) is 0 Å². The molecular formula is C29H32F3IN2O3SSi. The second-order valence-corrected chi connectivity index (χ2v) is 18.8. The number of amides is 2. The Bertz CT molecular complexity index is 1360. The van der Waals surface area contributed by atoms with Crippen molar-refractivity contribution in [1.82, 2.24) is 5.32 Å². The number of halogens is 4. The minimum Gasteiger partial charge on any atom is -0.457 e. The Morgan fingerprint density at radius 1 is 1.00 bits per heavy atom. The average molecular weight is 701 g/mol. The van der Waals surface area contributed by atoms with Gasteiger partial charge in [0.1, 0.15) is 11.5 Å². The van der Waals surface area contributed by atoms with Crippen molar-refractivity contribution >= 4 is 59.9 Å². The van der Waals surface area contributed by atoms with E-state index in [1.165, 1.54) is 12.1 Å². The van der Waals surface area contributed by atoms with Crippen LogP contribution in [-0.2, 0) is 6.18 Å². The Balaban J connectivity index is 1.70. The first-order valence-corrected chi connectivity index (χ1v) is 18.5. The molecule has 0 aliphatic carbocycles. The van der Waals surface area contributed by atoms with E-state index in [0.29, 0.717) is 26.1 Å². The van der Waals surface area contributed by atoms with Crippen LogP contribution < -0.4 is 15.4 Å². The number of hydrogen-bond donors (Lipinski definition) is 2. The topological polar surface area (TPSA) is 67.4 Å². The number of thioether (sulfide) groups is 1. The highest BCUT2D eigenvalue weighted by Crippen LogP contribution is 2.32. The summed E-state index contributed by atoms with van der Waals surface area (Å²) in [4.78, 5) is 26.5. The number of benzene rings is 3. The highest BCUT2D eigenvalue weighted by atomic mass is 127. The van der Waals surface area contributed by atoms with Gasteiger partial charge in [0, 0.05) is 21.1 Å². The van der Waals surface area contributed by atoms with Gasteiger partial charge < -0.3 is 15.4 Å². The molecule has 0 heterocycles. The van der Waals surface area contributed by atoms with Crippen molar-refractivity contribution in [2.75, 3.05) is 16.4 Å². The van der Waals surface area contributed by atoms with Crippen molar-refractivity contribution in [2.45, 2.75) is 45.7 Å². The highest BCUT2D eigenvalue weighted by Gasteiger charge is 2.30. The zero-order valence-corrected chi connectivity index (χ0v) is 26.9. The third-order valence-corrected chi connectivity index (χ3v) is 11.5. The molecule has 3 rings (SSSR count). The zero-order chi connectivity index (χ0) is 29.7. The maximum absolute atomic E-state index is 13.3. The van der Waals surface area contributed by atoms with E-state index in [9.17, 15) is 22.8 Å². The normalized spacial score (nSPS) is 12.5. The average Bonchev–Trinajstić information content (AvgIpc) is 2.84. The van der Waals surface area contributed by atoms with Gasteiger partial charge in [-0.1, -0.05) is 25.7 Å². The van der Waals surface area contributed by atoms with Crippen molar-refractivity contribution in [3.8, 4) is 11.5 Å². The molecule has 2 amide bonds. The molecule has 3 aromatic rings. The minimum absolute atomic E-state index is 0.0554. The van der Waals surface area contributed by atoms with Crippen LogP contribution >= 0.6 is 34.4 Å². The Hall–Kier alpha value is -2.51. The second-order valence-electron chi connectivity index (χ2n) is 10.7. The molecule has 2 N–H and O–H groups in total. The zero-order valence-electron chi connectivity index (χ0n) is 22.9. The fraction of sp³-hybridized carbons (Fsp3) is 0.310. The molecule has 0 bridgehead atoms. The van der Waals surface area contributed by atoms with Gasteiger partial charge in [0.25, 0.3) is 11.8 Å². The lowest BCUT2D eigenvalue weighted by atomic mass is 10.1. The van der Waals surface area contributed by atoms with Crippen LogP contribution in [0.4, 0.5) is 18.9 Å². The molecule has 0 aliphatic rings. The van der Waals surface area contributed by atoms with Crippen LogP contribution in [0.2, 0.25) is 19.6 Å². The number of anilines is 1. The van der Waals surface area contributed by atoms with E-state index in [0.717, 1.165) is 23.3 Å². The maximum Gasteiger partial charge on any atom is 0.416 e. The van der Waals surface area contributed by atoms with Gasteiger partial charge >= 0.3 is 6.18 Å². The Morgan fingerprint density at radius 3 is 2.25 bits per heavy atom. The standard InChI is InChI=1S/C29H32F3IN2O3SSi/c1-18-15-22(38-21-11-9-20(10-12-21)29(30,31)32)13-14-25(18)35-27(36)23-7-6-8-24(33)26(23)28(37)34-19(2)16-39-17-40(3,4)5/h6-15,19H,16-17H2,1-5H3,(H,34,37)(H,35,36). The van der Waals surface area contributed by atoms with E-state index in [1.807, 2.05) is 18.7 Å². The third kappa shape index (κ3) is 9.27. The number of carbonyl (C=O) groups is 2. The van der Waals surface area contributed by atoms with E-state index >= 15 is 0 Å². The first-order chi connectivity index (χ1) is 18.6. The number of rotatable bonds is 10. The maximum atomic E-state index is 13.3. The molecule has 0 aliphatic heterocycles. The van der Waals surface area contributed by atoms with Gasteiger partial charge in [0.2, 0.25) is 0 Å². The van der Waals surface area contributed by atoms with E-state index < -0.39 is 25.7 Å². The van der Waals surface area contributed by atoms with Crippen molar-refractivity contribution < 1.29 is 27.5 Å².